The second-order valence-corrected chi connectivity index (χ2v) is 6.78. The molecule has 5 nitrogen and oxygen atoms in total. The number of hydrogen-bond donors (Lipinski definition) is 2. The van der Waals surface area contributed by atoms with Crippen LogP contribution in [0.2, 0.25) is 0 Å². The third kappa shape index (κ3) is 5.31. The van der Waals surface area contributed by atoms with Gasteiger partial charge in [0.1, 0.15) is 10.8 Å². The third-order valence-electron chi connectivity index (χ3n) is 4.11. The molecule has 0 saturated carbocycles. The predicted octanol–water partition coefficient (Wildman–Crippen LogP) is 3.73. The molecule has 0 atom stereocenters. The van der Waals surface area contributed by atoms with Crippen molar-refractivity contribution in [2.75, 3.05) is 20.7 Å². The third-order valence-corrected chi connectivity index (χ3v) is 5.05. The van der Waals surface area contributed by atoms with Crippen LogP contribution in [0, 0.1) is 0 Å². The van der Waals surface area contributed by atoms with Gasteiger partial charge in [-0.05, 0) is 18.1 Å². The summed E-state index contributed by atoms with van der Waals surface area (Å²) in [5, 5.41) is 9.77. The van der Waals surface area contributed by atoms with Crippen molar-refractivity contribution in [3.05, 3.63) is 71.2 Å². The van der Waals surface area contributed by atoms with E-state index in [0.29, 0.717) is 6.54 Å². The molecule has 2 aromatic carbocycles. The number of nitrogens with one attached hydrogen (secondary N) is 2. The first-order valence-corrected chi connectivity index (χ1v) is 9.74. The molecule has 0 aliphatic rings. The van der Waals surface area contributed by atoms with E-state index in [1.54, 1.807) is 25.5 Å². The maximum absolute atomic E-state index is 5.39. The summed E-state index contributed by atoms with van der Waals surface area (Å²) < 4.78 is 5.39. The lowest BCUT2D eigenvalue weighted by Crippen LogP contribution is -2.37. The van der Waals surface area contributed by atoms with Gasteiger partial charge in [-0.2, -0.15) is 0 Å². The fraction of sp³-hybridized carbons (Fsp3) is 0.238. The quantitative estimate of drug-likeness (QED) is 0.484. The number of guanidine groups is 1. The summed E-state index contributed by atoms with van der Waals surface area (Å²) in [5.41, 5.74) is 3.33. The van der Waals surface area contributed by atoms with Crippen LogP contribution in [0.4, 0.5) is 0 Å². The van der Waals surface area contributed by atoms with Crippen molar-refractivity contribution in [3.63, 3.8) is 0 Å². The van der Waals surface area contributed by atoms with Gasteiger partial charge in [-0.15, -0.1) is 11.3 Å². The Morgan fingerprint density at radius 1 is 1.07 bits per heavy atom. The second kappa shape index (κ2) is 9.73. The average molecular weight is 381 g/mol. The first-order valence-electron chi connectivity index (χ1n) is 8.86. The van der Waals surface area contributed by atoms with Gasteiger partial charge in [0.05, 0.1) is 19.3 Å². The van der Waals surface area contributed by atoms with Crippen molar-refractivity contribution in [3.8, 4) is 16.3 Å². The number of thiazole rings is 1. The Morgan fingerprint density at radius 2 is 1.85 bits per heavy atom. The minimum absolute atomic E-state index is 0.637. The van der Waals surface area contributed by atoms with Crippen LogP contribution in [-0.4, -0.2) is 31.6 Å². The lowest BCUT2D eigenvalue weighted by Gasteiger charge is -2.12. The number of para-hydroxylation sites is 1. The van der Waals surface area contributed by atoms with Crippen LogP contribution >= 0.6 is 11.3 Å². The van der Waals surface area contributed by atoms with Crippen LogP contribution in [0.5, 0.6) is 5.75 Å². The zero-order chi connectivity index (χ0) is 18.9. The maximum atomic E-state index is 5.39. The van der Waals surface area contributed by atoms with E-state index >= 15 is 0 Å². The molecule has 0 bridgehead atoms. The predicted molar refractivity (Wildman–Crippen MR) is 112 cm³/mol. The van der Waals surface area contributed by atoms with Gasteiger partial charge in [0.15, 0.2) is 5.96 Å². The lowest BCUT2D eigenvalue weighted by atomic mass is 10.1. The fourth-order valence-electron chi connectivity index (χ4n) is 2.72. The number of rotatable bonds is 7. The van der Waals surface area contributed by atoms with Crippen LogP contribution in [-0.2, 0) is 13.0 Å². The van der Waals surface area contributed by atoms with Gasteiger partial charge >= 0.3 is 0 Å². The molecule has 0 saturated heterocycles. The van der Waals surface area contributed by atoms with E-state index in [0.717, 1.165) is 40.9 Å². The highest BCUT2D eigenvalue weighted by atomic mass is 32.1. The van der Waals surface area contributed by atoms with Crippen molar-refractivity contribution in [2.24, 2.45) is 4.99 Å². The standard InChI is InChI=1S/C21H24N4OS/c1-22-21(23-13-12-16-8-6-7-11-19(16)26-2)24-14-18-15-27-20(25-18)17-9-4-3-5-10-17/h3-11,15H,12-14H2,1-2H3,(H2,22,23,24). The molecule has 3 aromatic rings. The van der Waals surface area contributed by atoms with Crippen LogP contribution in [0.3, 0.4) is 0 Å². The van der Waals surface area contributed by atoms with Crippen molar-refractivity contribution in [1.29, 1.82) is 0 Å². The maximum Gasteiger partial charge on any atom is 0.191 e. The summed E-state index contributed by atoms with van der Waals surface area (Å²) in [6.07, 6.45) is 0.861. The van der Waals surface area contributed by atoms with Gasteiger partial charge in [0, 0.05) is 24.5 Å². The number of hydrogen-bond acceptors (Lipinski definition) is 4. The van der Waals surface area contributed by atoms with Gasteiger partial charge in [-0.1, -0.05) is 48.5 Å². The molecule has 0 radical (unpaired) electrons. The molecule has 6 heteroatoms. The number of nitrogens with zero attached hydrogens (tertiary/aromatic N) is 2. The molecule has 0 aliphatic carbocycles. The Balaban J connectivity index is 1.49. The van der Waals surface area contributed by atoms with E-state index in [9.17, 15) is 0 Å². The Bertz CT molecular complexity index is 877. The molecule has 0 aliphatic heterocycles. The molecule has 0 fully saturated rings. The Kier molecular flexibility index (Phi) is 6.82. The number of ether oxygens (including phenoxy) is 1. The average Bonchev–Trinajstić information content (AvgIpc) is 3.20. The molecular weight excluding hydrogens is 356 g/mol. The number of aromatic nitrogens is 1. The normalized spacial score (nSPS) is 11.3. The van der Waals surface area contributed by atoms with Crippen LogP contribution < -0.4 is 15.4 Å². The van der Waals surface area contributed by atoms with Gasteiger partial charge < -0.3 is 15.4 Å². The largest absolute Gasteiger partial charge is 0.496 e. The Hall–Kier alpha value is -2.86. The minimum Gasteiger partial charge on any atom is -0.496 e. The lowest BCUT2D eigenvalue weighted by molar-refractivity contribution is 0.409. The number of aliphatic imine (C=N–C) groups is 1. The van der Waals surface area contributed by atoms with Crippen LogP contribution in [0.15, 0.2) is 65.0 Å². The van der Waals surface area contributed by atoms with E-state index in [1.165, 1.54) is 5.56 Å². The van der Waals surface area contributed by atoms with E-state index in [-0.39, 0.29) is 0 Å². The van der Waals surface area contributed by atoms with Crippen LogP contribution in [0.25, 0.3) is 10.6 Å². The van der Waals surface area contributed by atoms with Gasteiger partial charge in [0.25, 0.3) is 0 Å². The van der Waals surface area contributed by atoms with E-state index < -0.39 is 0 Å². The number of benzene rings is 2. The van der Waals surface area contributed by atoms with Crippen molar-refractivity contribution in [2.45, 2.75) is 13.0 Å². The molecule has 140 valence electrons. The smallest absolute Gasteiger partial charge is 0.191 e. The minimum atomic E-state index is 0.637. The topological polar surface area (TPSA) is 58.5 Å². The summed E-state index contributed by atoms with van der Waals surface area (Å²) >= 11 is 1.66. The monoisotopic (exact) mass is 380 g/mol. The summed E-state index contributed by atoms with van der Waals surface area (Å²) in [6, 6.07) is 18.3. The highest BCUT2D eigenvalue weighted by molar-refractivity contribution is 7.13. The summed E-state index contributed by atoms with van der Waals surface area (Å²) in [6.45, 7) is 1.41. The molecule has 1 heterocycles. The van der Waals surface area contributed by atoms with Gasteiger partial charge in [0.2, 0.25) is 0 Å². The first kappa shape index (κ1) is 18.9. The summed E-state index contributed by atoms with van der Waals surface area (Å²) in [5.74, 6) is 1.68. The SMILES string of the molecule is CN=C(NCCc1ccccc1OC)NCc1csc(-c2ccccc2)n1. The zero-order valence-electron chi connectivity index (χ0n) is 15.6. The molecule has 3 rings (SSSR count). The fourth-order valence-corrected chi connectivity index (χ4v) is 3.55. The van der Waals surface area contributed by atoms with Crippen molar-refractivity contribution >= 4 is 17.3 Å². The van der Waals surface area contributed by atoms with Gasteiger partial charge in [-0.3, -0.25) is 4.99 Å². The second-order valence-electron chi connectivity index (χ2n) is 5.92. The highest BCUT2D eigenvalue weighted by Crippen LogP contribution is 2.23. The molecule has 0 spiro atoms. The first-order chi connectivity index (χ1) is 13.3. The van der Waals surface area contributed by atoms with Crippen LogP contribution in [0.1, 0.15) is 11.3 Å². The molecule has 1 aromatic heterocycles. The Labute approximate surface area is 164 Å². The summed E-state index contributed by atoms with van der Waals surface area (Å²) in [4.78, 5) is 8.97. The van der Waals surface area contributed by atoms with E-state index in [1.807, 2.05) is 36.4 Å². The number of methoxy groups -OCH3 is 1. The molecule has 27 heavy (non-hydrogen) atoms. The van der Waals surface area contributed by atoms with Crippen molar-refractivity contribution in [1.82, 2.24) is 15.6 Å². The van der Waals surface area contributed by atoms with Crippen molar-refractivity contribution < 1.29 is 4.74 Å². The zero-order valence-corrected chi connectivity index (χ0v) is 16.4. The summed E-state index contributed by atoms with van der Waals surface area (Å²) in [7, 11) is 3.47. The molecule has 0 amide bonds. The van der Waals surface area contributed by atoms with E-state index in [4.69, 9.17) is 9.72 Å². The van der Waals surface area contributed by atoms with E-state index in [2.05, 4.69) is 39.2 Å². The Morgan fingerprint density at radius 3 is 2.63 bits per heavy atom. The molecule has 2 N–H and O–H groups in total. The molecule has 0 unspecified atom stereocenters. The molecular formula is C21H24N4OS. The van der Waals surface area contributed by atoms with Gasteiger partial charge in [-0.25, -0.2) is 4.98 Å². The highest BCUT2D eigenvalue weighted by Gasteiger charge is 2.06.